The third-order valence-electron chi connectivity index (χ3n) is 5.89. The highest BCUT2D eigenvalue weighted by atomic mass is 32.1. The third kappa shape index (κ3) is 2.67. The largest absolute Gasteiger partial charge is 0.308 e. The van der Waals surface area contributed by atoms with Gasteiger partial charge in [0.15, 0.2) is 0 Å². The molecule has 32 heavy (non-hydrogen) atoms. The summed E-state index contributed by atoms with van der Waals surface area (Å²) < 4.78 is 4.82. The van der Waals surface area contributed by atoms with Crippen molar-refractivity contribution >= 4 is 65.9 Å². The predicted molar refractivity (Wildman–Crippen MR) is 139 cm³/mol. The summed E-state index contributed by atoms with van der Waals surface area (Å²) in [6, 6.07) is 25.5. The van der Waals surface area contributed by atoms with E-state index in [0.29, 0.717) is 0 Å². The SMILES string of the molecule is C=C/C=C(\N=C)c1ccc(-n2c3ccccc3c3cnc4c5ccccc5sc4c32)cc1. The molecule has 6 aromatic rings. The van der Waals surface area contributed by atoms with E-state index in [1.807, 2.05) is 12.3 Å². The summed E-state index contributed by atoms with van der Waals surface area (Å²) in [6.45, 7) is 7.46. The van der Waals surface area contributed by atoms with Gasteiger partial charge in [0.05, 0.1) is 26.9 Å². The number of aromatic nitrogens is 2. The highest BCUT2D eigenvalue weighted by Gasteiger charge is 2.18. The number of pyridine rings is 1. The molecule has 6 rings (SSSR count). The number of aliphatic imine (C=N–C) groups is 1. The second-order valence-electron chi connectivity index (χ2n) is 7.64. The van der Waals surface area contributed by atoms with Crippen molar-refractivity contribution in [3.05, 3.63) is 103 Å². The van der Waals surface area contributed by atoms with Crippen molar-refractivity contribution in [1.29, 1.82) is 0 Å². The molecular weight excluding hydrogens is 410 g/mol. The van der Waals surface area contributed by atoms with Gasteiger partial charge in [-0.3, -0.25) is 9.98 Å². The maximum absolute atomic E-state index is 4.88. The Morgan fingerprint density at radius 2 is 1.66 bits per heavy atom. The number of benzene rings is 3. The van der Waals surface area contributed by atoms with Gasteiger partial charge in [0, 0.05) is 38.3 Å². The fourth-order valence-electron chi connectivity index (χ4n) is 4.47. The molecule has 3 heterocycles. The zero-order chi connectivity index (χ0) is 21.7. The van der Waals surface area contributed by atoms with Gasteiger partial charge in [-0.15, -0.1) is 11.3 Å². The molecule has 0 radical (unpaired) electrons. The van der Waals surface area contributed by atoms with Gasteiger partial charge >= 0.3 is 0 Å². The molecule has 3 nitrogen and oxygen atoms in total. The normalized spacial score (nSPS) is 12.2. The molecule has 0 saturated heterocycles. The van der Waals surface area contributed by atoms with Crippen molar-refractivity contribution in [3.63, 3.8) is 0 Å². The summed E-state index contributed by atoms with van der Waals surface area (Å²) in [5, 5.41) is 3.58. The quantitative estimate of drug-likeness (QED) is 0.208. The number of hydrogen-bond acceptors (Lipinski definition) is 3. The summed E-state index contributed by atoms with van der Waals surface area (Å²) in [5.41, 5.74) is 6.36. The first-order chi connectivity index (χ1) is 15.8. The molecule has 0 amide bonds. The number of fused-ring (bicyclic) bond motifs is 7. The van der Waals surface area contributed by atoms with E-state index < -0.39 is 0 Å². The number of para-hydroxylation sites is 1. The molecular formula is C28H19N3S. The number of allylic oxidation sites excluding steroid dienone is 2. The maximum Gasteiger partial charge on any atom is 0.0910 e. The summed E-state index contributed by atoms with van der Waals surface area (Å²) in [7, 11) is 0. The van der Waals surface area contributed by atoms with Gasteiger partial charge in [0.1, 0.15) is 0 Å². The zero-order valence-corrected chi connectivity index (χ0v) is 18.1. The lowest BCUT2D eigenvalue weighted by Gasteiger charge is -2.10. The fourth-order valence-corrected chi connectivity index (χ4v) is 5.67. The van der Waals surface area contributed by atoms with E-state index in [0.717, 1.165) is 22.5 Å². The van der Waals surface area contributed by atoms with Gasteiger partial charge in [-0.25, -0.2) is 0 Å². The number of hydrogen-bond donors (Lipinski definition) is 0. The number of rotatable bonds is 4. The van der Waals surface area contributed by atoms with E-state index in [1.165, 1.54) is 36.6 Å². The van der Waals surface area contributed by atoms with E-state index in [-0.39, 0.29) is 0 Å². The van der Waals surface area contributed by atoms with Crippen molar-refractivity contribution in [2.45, 2.75) is 0 Å². The molecule has 0 atom stereocenters. The highest BCUT2D eigenvalue weighted by molar-refractivity contribution is 7.26. The molecule has 0 spiro atoms. The second-order valence-corrected chi connectivity index (χ2v) is 8.69. The number of nitrogens with zero attached hydrogens (tertiary/aromatic N) is 3. The lowest BCUT2D eigenvalue weighted by Crippen LogP contribution is -1.94. The van der Waals surface area contributed by atoms with E-state index >= 15 is 0 Å². The molecule has 3 aromatic heterocycles. The minimum atomic E-state index is 0.810. The van der Waals surface area contributed by atoms with Crippen molar-refractivity contribution in [2.24, 2.45) is 4.99 Å². The van der Waals surface area contributed by atoms with Crippen molar-refractivity contribution in [1.82, 2.24) is 9.55 Å². The van der Waals surface area contributed by atoms with Crippen molar-refractivity contribution in [3.8, 4) is 5.69 Å². The molecule has 0 aliphatic rings. The first-order valence-electron chi connectivity index (χ1n) is 10.4. The standard InChI is InChI=1S/C28H19N3S/c1-3-8-23(29-2)18-13-15-19(16-14-18)31-24-11-6-4-9-20(24)22-17-30-26-21-10-5-7-12-25(21)32-28(26)27(22)31/h3-17H,1-2H2/b23-8-. The summed E-state index contributed by atoms with van der Waals surface area (Å²) >= 11 is 1.81. The molecule has 0 aliphatic heterocycles. The first kappa shape index (κ1) is 18.7. The minimum absolute atomic E-state index is 0.810. The Bertz CT molecular complexity index is 1700. The fraction of sp³-hybridized carbons (Fsp3) is 0. The minimum Gasteiger partial charge on any atom is -0.308 e. The molecule has 0 fully saturated rings. The average Bonchev–Trinajstić information content (AvgIpc) is 3.39. The molecule has 0 unspecified atom stereocenters. The molecule has 4 heteroatoms. The third-order valence-corrected chi connectivity index (χ3v) is 7.06. The van der Waals surface area contributed by atoms with Gasteiger partial charge in [0.25, 0.3) is 0 Å². The van der Waals surface area contributed by atoms with Gasteiger partial charge in [-0.05, 0) is 37.1 Å². The topological polar surface area (TPSA) is 30.2 Å². The molecule has 0 bridgehead atoms. The van der Waals surface area contributed by atoms with Crippen molar-refractivity contribution in [2.75, 3.05) is 0 Å². The Balaban J connectivity index is 1.70. The van der Waals surface area contributed by atoms with Crippen LogP contribution < -0.4 is 0 Å². The Hall–Kier alpha value is -4.02. The van der Waals surface area contributed by atoms with Crippen LogP contribution in [0.1, 0.15) is 5.56 Å². The smallest absolute Gasteiger partial charge is 0.0910 e. The van der Waals surface area contributed by atoms with Crippen LogP contribution >= 0.6 is 11.3 Å². The van der Waals surface area contributed by atoms with Crippen LogP contribution in [-0.2, 0) is 0 Å². The Labute approximate surface area is 189 Å². The van der Waals surface area contributed by atoms with Crippen LogP contribution in [0, 0.1) is 0 Å². The van der Waals surface area contributed by atoms with Crippen LogP contribution in [-0.4, -0.2) is 16.3 Å². The zero-order valence-electron chi connectivity index (χ0n) is 17.3. The lowest BCUT2D eigenvalue weighted by atomic mass is 10.1. The first-order valence-corrected chi connectivity index (χ1v) is 11.2. The van der Waals surface area contributed by atoms with E-state index in [1.54, 1.807) is 17.4 Å². The highest BCUT2D eigenvalue weighted by Crippen LogP contribution is 2.41. The van der Waals surface area contributed by atoms with E-state index in [2.05, 4.69) is 95.7 Å². The Morgan fingerprint density at radius 3 is 2.44 bits per heavy atom. The van der Waals surface area contributed by atoms with E-state index in [4.69, 9.17) is 4.98 Å². The second kappa shape index (κ2) is 7.29. The van der Waals surface area contributed by atoms with Gasteiger partial charge in [-0.2, -0.15) is 0 Å². The van der Waals surface area contributed by atoms with Gasteiger partial charge < -0.3 is 4.57 Å². The predicted octanol–water partition coefficient (Wildman–Crippen LogP) is 7.77. The van der Waals surface area contributed by atoms with Crippen molar-refractivity contribution < 1.29 is 0 Å². The van der Waals surface area contributed by atoms with Crippen LogP contribution in [0.4, 0.5) is 0 Å². The Morgan fingerprint density at radius 1 is 0.906 bits per heavy atom. The van der Waals surface area contributed by atoms with E-state index in [9.17, 15) is 0 Å². The molecule has 0 N–H and O–H groups in total. The average molecular weight is 430 g/mol. The number of thiophene rings is 1. The summed E-state index contributed by atoms with van der Waals surface area (Å²) in [6.07, 6.45) is 5.63. The summed E-state index contributed by atoms with van der Waals surface area (Å²) in [4.78, 5) is 9.02. The van der Waals surface area contributed by atoms with Crippen LogP contribution in [0.15, 0.2) is 103 Å². The molecule has 152 valence electrons. The van der Waals surface area contributed by atoms with Gasteiger partial charge in [-0.1, -0.05) is 61.2 Å². The maximum atomic E-state index is 4.88. The summed E-state index contributed by atoms with van der Waals surface area (Å²) in [5.74, 6) is 0. The molecule has 3 aromatic carbocycles. The van der Waals surface area contributed by atoms with Gasteiger partial charge in [0.2, 0.25) is 0 Å². The van der Waals surface area contributed by atoms with Crippen LogP contribution in [0.3, 0.4) is 0 Å². The molecule has 0 saturated carbocycles. The lowest BCUT2D eigenvalue weighted by molar-refractivity contribution is 1.18. The van der Waals surface area contributed by atoms with Crippen LogP contribution in [0.25, 0.3) is 53.5 Å². The Kier molecular flexibility index (Phi) is 4.27. The van der Waals surface area contributed by atoms with Crippen LogP contribution in [0.5, 0.6) is 0 Å². The van der Waals surface area contributed by atoms with Crippen LogP contribution in [0.2, 0.25) is 0 Å². The molecule has 0 aliphatic carbocycles. The monoisotopic (exact) mass is 429 g/mol.